The standard InChI is InChI=1S/C3H10N2O5/c1-8-4(6)3-10-5(7)9-2/h4-5H,3H2,1-2H3. The molecule has 0 rings (SSSR count). The summed E-state index contributed by atoms with van der Waals surface area (Å²) >= 11 is 0. The summed E-state index contributed by atoms with van der Waals surface area (Å²) in [6.45, 7) is -0.414. The summed E-state index contributed by atoms with van der Waals surface area (Å²) in [7, 11) is 2.35. The van der Waals surface area contributed by atoms with Crippen molar-refractivity contribution in [3.05, 3.63) is 10.4 Å². The largest absolute Gasteiger partial charge is 0.598 e. The Bertz CT molecular complexity index is 71.3. The first-order valence-electron chi connectivity index (χ1n) is 2.48. The van der Waals surface area contributed by atoms with Gasteiger partial charge in [-0.3, -0.25) is 0 Å². The summed E-state index contributed by atoms with van der Waals surface area (Å²) in [5, 5.41) is 18.9. The maximum atomic E-state index is 10.3. The molecule has 0 fully saturated rings. The average molecular weight is 154 g/mol. The van der Waals surface area contributed by atoms with Gasteiger partial charge in [0.05, 0.1) is 14.2 Å². The zero-order valence-corrected chi connectivity index (χ0v) is 5.75. The Morgan fingerprint density at radius 1 is 1.20 bits per heavy atom. The Hall–Kier alpha value is -0.280. The van der Waals surface area contributed by atoms with Crippen molar-refractivity contribution in [3.8, 4) is 0 Å². The molecular formula is C3H10N2O5. The normalized spacial score (nSPS) is 16.8. The van der Waals surface area contributed by atoms with Crippen LogP contribution in [0.15, 0.2) is 0 Å². The zero-order chi connectivity index (χ0) is 7.98. The second kappa shape index (κ2) is 5.50. The van der Waals surface area contributed by atoms with E-state index in [1.54, 1.807) is 0 Å². The highest BCUT2D eigenvalue weighted by molar-refractivity contribution is 3.90. The molecule has 0 aliphatic rings. The number of hydrogen-bond acceptors (Lipinski definition) is 5. The van der Waals surface area contributed by atoms with Gasteiger partial charge in [-0.15, -0.1) is 4.84 Å². The minimum absolute atomic E-state index is 0.414. The first kappa shape index (κ1) is 9.72. The summed E-state index contributed by atoms with van der Waals surface area (Å²) in [5.74, 6) is 0. The summed E-state index contributed by atoms with van der Waals surface area (Å²) in [6.07, 6.45) is 0. The van der Waals surface area contributed by atoms with Crippen molar-refractivity contribution in [1.82, 2.24) is 0 Å². The molecule has 0 saturated heterocycles. The molecule has 0 aliphatic carbocycles. The molecule has 62 valence electrons. The first-order chi connectivity index (χ1) is 4.70. The maximum Gasteiger partial charge on any atom is 0.267 e. The summed E-state index contributed by atoms with van der Waals surface area (Å²) in [4.78, 5) is 12.5. The Morgan fingerprint density at radius 2 is 1.80 bits per heavy atom. The Balaban J connectivity index is 3.17. The van der Waals surface area contributed by atoms with Crippen molar-refractivity contribution in [2.24, 2.45) is 0 Å². The van der Waals surface area contributed by atoms with E-state index in [0.29, 0.717) is 0 Å². The third-order valence-corrected chi connectivity index (χ3v) is 0.702. The third kappa shape index (κ3) is 4.58. The Labute approximate surface area is 57.7 Å². The van der Waals surface area contributed by atoms with E-state index in [2.05, 4.69) is 14.5 Å². The summed E-state index contributed by atoms with van der Waals surface area (Å²) in [5.41, 5.74) is 0. The maximum absolute atomic E-state index is 10.3. The monoisotopic (exact) mass is 154 g/mol. The fourth-order valence-corrected chi connectivity index (χ4v) is 0.236. The topological polar surface area (TPSA) is 82.7 Å². The van der Waals surface area contributed by atoms with Gasteiger partial charge in [-0.25, -0.2) is 4.84 Å². The molecule has 0 aliphatic heterocycles. The number of hydrogen-bond donors (Lipinski definition) is 2. The van der Waals surface area contributed by atoms with E-state index >= 15 is 0 Å². The van der Waals surface area contributed by atoms with Crippen LogP contribution in [0.3, 0.4) is 0 Å². The molecule has 7 heteroatoms. The van der Waals surface area contributed by atoms with Gasteiger partial charge in [-0.1, -0.05) is 5.39 Å². The fraction of sp³-hybridized carbons (Fsp3) is 1.00. The summed E-state index contributed by atoms with van der Waals surface area (Å²) < 4.78 is 0. The molecule has 2 N–H and O–H groups in total. The molecule has 0 saturated carbocycles. The molecule has 0 heterocycles. The molecular weight excluding hydrogens is 144 g/mol. The molecule has 0 bridgehead atoms. The molecule has 0 amide bonds. The van der Waals surface area contributed by atoms with E-state index < -0.39 is 17.3 Å². The van der Waals surface area contributed by atoms with Crippen molar-refractivity contribution in [2.75, 3.05) is 21.0 Å². The van der Waals surface area contributed by atoms with Crippen LogP contribution in [0.4, 0.5) is 0 Å². The van der Waals surface area contributed by atoms with E-state index in [1.807, 2.05) is 0 Å². The van der Waals surface area contributed by atoms with Gasteiger partial charge in [0.2, 0.25) is 0 Å². The number of rotatable bonds is 5. The second-order valence-corrected chi connectivity index (χ2v) is 1.32. The fourth-order valence-electron chi connectivity index (χ4n) is 0.236. The molecule has 0 aromatic heterocycles. The third-order valence-electron chi connectivity index (χ3n) is 0.702. The van der Waals surface area contributed by atoms with E-state index in [1.165, 1.54) is 7.11 Å². The van der Waals surface area contributed by atoms with Gasteiger partial charge in [-0.2, -0.15) is 10.1 Å². The molecule has 7 nitrogen and oxygen atoms in total. The minimum atomic E-state index is -0.898. The van der Waals surface area contributed by atoms with Gasteiger partial charge in [0.15, 0.2) is 0 Å². The predicted octanol–water partition coefficient (Wildman–Crippen LogP) is -3.24. The van der Waals surface area contributed by atoms with Crippen LogP contribution in [-0.2, 0) is 14.5 Å². The smallest absolute Gasteiger partial charge is 0.267 e. The lowest BCUT2D eigenvalue weighted by atomic mass is 11.3. The number of quaternary nitrogens is 2. The molecule has 0 aromatic rings. The lowest BCUT2D eigenvalue weighted by molar-refractivity contribution is -1.24. The quantitative estimate of drug-likeness (QED) is 0.321. The highest BCUT2D eigenvalue weighted by atomic mass is 17.1. The van der Waals surface area contributed by atoms with Crippen molar-refractivity contribution in [3.63, 3.8) is 0 Å². The SMILES string of the molecule is CO[NH+]([O-])CO[NH+]([O-])OC. The van der Waals surface area contributed by atoms with Crippen LogP contribution in [0, 0.1) is 10.4 Å². The van der Waals surface area contributed by atoms with Crippen LogP contribution in [0.5, 0.6) is 0 Å². The van der Waals surface area contributed by atoms with E-state index in [-0.39, 0.29) is 0 Å². The van der Waals surface area contributed by atoms with Crippen LogP contribution < -0.4 is 10.6 Å². The molecule has 10 heavy (non-hydrogen) atoms. The minimum Gasteiger partial charge on any atom is -0.598 e. The van der Waals surface area contributed by atoms with Gasteiger partial charge in [-0.05, 0) is 0 Å². The van der Waals surface area contributed by atoms with E-state index in [4.69, 9.17) is 0 Å². The highest BCUT2D eigenvalue weighted by Crippen LogP contribution is 1.48. The Kier molecular flexibility index (Phi) is 5.35. The lowest BCUT2D eigenvalue weighted by Gasteiger charge is -2.19. The van der Waals surface area contributed by atoms with Crippen LogP contribution >= 0.6 is 0 Å². The van der Waals surface area contributed by atoms with Crippen molar-refractivity contribution in [2.45, 2.75) is 0 Å². The van der Waals surface area contributed by atoms with Crippen LogP contribution in [0.1, 0.15) is 0 Å². The first-order valence-corrected chi connectivity index (χ1v) is 2.48. The van der Waals surface area contributed by atoms with Gasteiger partial charge in [0, 0.05) is 0 Å². The van der Waals surface area contributed by atoms with Crippen molar-refractivity contribution >= 4 is 0 Å². The van der Waals surface area contributed by atoms with Gasteiger partial charge in [0.1, 0.15) is 0 Å². The highest BCUT2D eigenvalue weighted by Gasteiger charge is 1.99. The van der Waals surface area contributed by atoms with E-state index in [9.17, 15) is 10.4 Å². The predicted molar refractivity (Wildman–Crippen MR) is 28.6 cm³/mol. The number of hydroxylamine groups is 2. The molecule has 0 aromatic carbocycles. The lowest BCUT2D eigenvalue weighted by Crippen LogP contribution is -3.13. The Morgan fingerprint density at radius 3 is 2.20 bits per heavy atom. The van der Waals surface area contributed by atoms with Gasteiger partial charge in [0.25, 0.3) is 6.73 Å². The van der Waals surface area contributed by atoms with Crippen LogP contribution in [-0.4, -0.2) is 21.0 Å². The molecule has 2 atom stereocenters. The van der Waals surface area contributed by atoms with Crippen molar-refractivity contribution < 1.29 is 25.1 Å². The zero-order valence-electron chi connectivity index (χ0n) is 5.75. The molecule has 0 spiro atoms. The average Bonchev–Trinajstić information content (AvgIpc) is 1.99. The van der Waals surface area contributed by atoms with Crippen LogP contribution in [0.2, 0.25) is 0 Å². The van der Waals surface area contributed by atoms with E-state index in [0.717, 1.165) is 7.11 Å². The van der Waals surface area contributed by atoms with Crippen LogP contribution in [0.25, 0.3) is 0 Å². The van der Waals surface area contributed by atoms with Gasteiger partial charge < -0.3 is 10.4 Å². The molecule has 0 radical (unpaired) electrons. The van der Waals surface area contributed by atoms with Crippen molar-refractivity contribution in [1.29, 1.82) is 0 Å². The van der Waals surface area contributed by atoms with Gasteiger partial charge >= 0.3 is 0 Å². The number of nitrogens with one attached hydrogen (secondary N) is 2. The summed E-state index contributed by atoms with van der Waals surface area (Å²) in [6, 6.07) is 0. The molecule has 2 unspecified atom stereocenters. The second-order valence-electron chi connectivity index (χ2n) is 1.32.